The van der Waals surface area contributed by atoms with E-state index in [4.69, 9.17) is 4.74 Å². The molecule has 0 bridgehead atoms. The first-order chi connectivity index (χ1) is 12.8. The molecule has 0 aromatic heterocycles. The molecular formula is C23H42BrO2P. The molecule has 0 radical (unpaired) electrons. The van der Waals surface area contributed by atoms with Gasteiger partial charge in [0.15, 0.2) is 6.16 Å². The molecule has 3 aliphatic carbocycles. The van der Waals surface area contributed by atoms with Gasteiger partial charge in [-0.25, -0.2) is 4.79 Å². The van der Waals surface area contributed by atoms with Crippen LogP contribution in [0.3, 0.4) is 0 Å². The van der Waals surface area contributed by atoms with Crippen LogP contribution >= 0.6 is 7.26 Å². The highest BCUT2D eigenvalue weighted by Crippen LogP contribution is 2.77. The average molecular weight is 461 g/mol. The van der Waals surface area contributed by atoms with Gasteiger partial charge in [-0.15, -0.1) is 0 Å². The first kappa shape index (κ1) is 23.7. The van der Waals surface area contributed by atoms with Gasteiger partial charge in [0, 0.05) is 7.26 Å². The van der Waals surface area contributed by atoms with E-state index in [1.54, 1.807) is 0 Å². The van der Waals surface area contributed by atoms with Crippen molar-refractivity contribution in [2.75, 3.05) is 12.8 Å². The highest BCUT2D eigenvalue weighted by Gasteiger charge is 2.58. The number of carbonyl (C=O) groups excluding carboxylic acids is 1. The molecule has 3 aliphatic rings. The van der Waals surface area contributed by atoms with Crippen LogP contribution in [0.15, 0.2) is 0 Å². The Kier molecular flexibility index (Phi) is 10.7. The summed E-state index contributed by atoms with van der Waals surface area (Å²) in [6, 6.07) is 0. The van der Waals surface area contributed by atoms with E-state index >= 15 is 0 Å². The molecule has 0 amide bonds. The second kappa shape index (κ2) is 12.2. The summed E-state index contributed by atoms with van der Waals surface area (Å²) in [5.74, 6) is 0.168. The minimum Gasteiger partial charge on any atom is -1.00 e. The maximum Gasteiger partial charge on any atom is 0.343 e. The lowest BCUT2D eigenvalue weighted by atomic mass is 9.99. The van der Waals surface area contributed by atoms with Gasteiger partial charge in [-0.3, -0.25) is 0 Å². The fourth-order valence-electron chi connectivity index (χ4n) is 6.45. The summed E-state index contributed by atoms with van der Waals surface area (Å²) >= 11 is 0. The Bertz CT molecular complexity index is 379. The Balaban J connectivity index is 0.00000261. The molecule has 0 spiro atoms. The molecule has 3 fully saturated rings. The molecule has 0 heterocycles. The summed E-state index contributed by atoms with van der Waals surface area (Å²) in [7, 11) is -1.29. The molecule has 27 heavy (non-hydrogen) atoms. The first-order valence-electron chi connectivity index (χ1n) is 11.8. The van der Waals surface area contributed by atoms with Gasteiger partial charge in [0.2, 0.25) is 0 Å². The first-order valence-corrected chi connectivity index (χ1v) is 14.0. The molecule has 0 unspecified atom stereocenters. The molecule has 0 aliphatic heterocycles. The summed E-state index contributed by atoms with van der Waals surface area (Å²) in [5, 5.41) is 0. The van der Waals surface area contributed by atoms with Crippen molar-refractivity contribution in [2.45, 2.75) is 127 Å². The largest absolute Gasteiger partial charge is 1.00 e. The summed E-state index contributed by atoms with van der Waals surface area (Å²) < 4.78 is 5.71. The van der Waals surface area contributed by atoms with E-state index in [-0.39, 0.29) is 23.0 Å². The predicted molar refractivity (Wildman–Crippen MR) is 114 cm³/mol. The number of rotatable bonds is 7. The number of halogens is 1. The van der Waals surface area contributed by atoms with Crippen LogP contribution in [0.2, 0.25) is 0 Å². The van der Waals surface area contributed by atoms with E-state index in [0.29, 0.717) is 6.61 Å². The van der Waals surface area contributed by atoms with E-state index in [2.05, 4.69) is 6.92 Å². The number of esters is 1. The normalized spacial score (nSPS) is 23.6. The lowest BCUT2D eigenvalue weighted by Gasteiger charge is -2.48. The molecule has 0 saturated heterocycles. The van der Waals surface area contributed by atoms with Crippen LogP contribution in [0.1, 0.15) is 110 Å². The van der Waals surface area contributed by atoms with Gasteiger partial charge in [-0.05, 0) is 83.5 Å². The molecule has 0 aromatic rings. The number of carbonyl (C=O) groups is 1. The van der Waals surface area contributed by atoms with Crippen molar-refractivity contribution >= 4 is 13.2 Å². The molecule has 3 rings (SSSR count). The van der Waals surface area contributed by atoms with Crippen LogP contribution in [0.4, 0.5) is 0 Å². The van der Waals surface area contributed by atoms with E-state index in [0.717, 1.165) is 29.6 Å². The molecule has 0 aromatic carbocycles. The van der Waals surface area contributed by atoms with Crippen molar-refractivity contribution in [3.63, 3.8) is 0 Å². The van der Waals surface area contributed by atoms with Crippen LogP contribution in [-0.2, 0) is 9.53 Å². The Morgan fingerprint density at radius 3 is 1.44 bits per heavy atom. The summed E-state index contributed by atoms with van der Waals surface area (Å²) in [6.07, 6.45) is 23.0. The van der Waals surface area contributed by atoms with Crippen LogP contribution in [-0.4, -0.2) is 35.7 Å². The quantitative estimate of drug-likeness (QED) is 0.424. The second-order valence-electron chi connectivity index (χ2n) is 9.25. The monoisotopic (exact) mass is 460 g/mol. The van der Waals surface area contributed by atoms with Gasteiger partial charge >= 0.3 is 5.97 Å². The topological polar surface area (TPSA) is 26.3 Å². The van der Waals surface area contributed by atoms with Crippen molar-refractivity contribution < 1.29 is 26.5 Å². The number of ether oxygens (including phenoxy) is 1. The van der Waals surface area contributed by atoms with E-state index < -0.39 is 7.26 Å². The third kappa shape index (κ3) is 5.94. The Hall–Kier alpha value is 0.380. The summed E-state index contributed by atoms with van der Waals surface area (Å²) in [4.78, 5) is 13.0. The van der Waals surface area contributed by atoms with E-state index in [1.165, 1.54) is 96.3 Å². The summed E-state index contributed by atoms with van der Waals surface area (Å²) in [5.41, 5.74) is 2.66. The molecule has 158 valence electrons. The van der Waals surface area contributed by atoms with Crippen molar-refractivity contribution in [2.24, 2.45) is 0 Å². The zero-order chi connectivity index (χ0) is 18.2. The van der Waals surface area contributed by atoms with Gasteiger partial charge in [0.1, 0.15) is 0 Å². The fraction of sp³-hybridized carbons (Fsp3) is 0.957. The van der Waals surface area contributed by atoms with Crippen molar-refractivity contribution in [1.29, 1.82) is 0 Å². The molecule has 0 N–H and O–H groups in total. The maximum atomic E-state index is 13.0. The minimum absolute atomic E-state index is 0. The molecule has 0 atom stereocenters. The van der Waals surface area contributed by atoms with Crippen molar-refractivity contribution in [1.82, 2.24) is 0 Å². The molecule has 3 saturated carbocycles. The molecule has 4 heteroatoms. The Morgan fingerprint density at radius 1 is 0.741 bits per heavy atom. The molecule has 2 nitrogen and oxygen atoms in total. The number of hydrogen-bond donors (Lipinski definition) is 0. The average Bonchev–Trinajstić information content (AvgIpc) is 2.72. The zero-order valence-corrected chi connectivity index (χ0v) is 20.1. The SMILES string of the molecule is CCCOC(=O)C[P+](C1CCCCC1)(C1CCCCC1)C1CCCCC1.[Br-]. The van der Waals surface area contributed by atoms with E-state index in [9.17, 15) is 4.79 Å². The van der Waals surface area contributed by atoms with Crippen molar-refractivity contribution in [3.8, 4) is 0 Å². The highest BCUT2D eigenvalue weighted by molar-refractivity contribution is 7.78. The number of hydrogen-bond acceptors (Lipinski definition) is 2. The minimum atomic E-state index is -1.29. The predicted octanol–water partition coefficient (Wildman–Crippen LogP) is 3.96. The zero-order valence-electron chi connectivity index (χ0n) is 17.6. The fourth-order valence-corrected chi connectivity index (χ4v) is 13.5. The van der Waals surface area contributed by atoms with Gasteiger partial charge in [0.05, 0.1) is 23.6 Å². The maximum absolute atomic E-state index is 13.0. The third-order valence-electron chi connectivity index (χ3n) is 7.63. The second-order valence-corrected chi connectivity index (χ2v) is 13.7. The molecular weight excluding hydrogens is 419 g/mol. The Labute approximate surface area is 179 Å². The van der Waals surface area contributed by atoms with Crippen LogP contribution in [0.5, 0.6) is 0 Å². The smallest absolute Gasteiger partial charge is 0.343 e. The van der Waals surface area contributed by atoms with Crippen LogP contribution in [0.25, 0.3) is 0 Å². The van der Waals surface area contributed by atoms with Crippen molar-refractivity contribution in [3.05, 3.63) is 0 Å². The lowest BCUT2D eigenvalue weighted by Crippen LogP contribution is -3.00. The van der Waals surface area contributed by atoms with E-state index in [1.807, 2.05) is 0 Å². The van der Waals surface area contributed by atoms with Gasteiger partial charge in [0.25, 0.3) is 0 Å². The third-order valence-corrected chi connectivity index (χ3v) is 14.1. The van der Waals surface area contributed by atoms with Gasteiger partial charge in [-0.1, -0.05) is 26.2 Å². The lowest BCUT2D eigenvalue weighted by molar-refractivity contribution is -0.140. The highest BCUT2D eigenvalue weighted by atomic mass is 79.9. The Morgan fingerprint density at radius 2 is 1.11 bits per heavy atom. The summed E-state index contributed by atoms with van der Waals surface area (Å²) in [6.45, 7) is 2.73. The van der Waals surface area contributed by atoms with Crippen LogP contribution in [0, 0.1) is 0 Å². The standard InChI is InChI=1S/C23H42O2P.BrH/c1-2-18-25-23(24)19-26(20-12-6-3-7-13-20,21-14-8-4-9-15-21)22-16-10-5-11-17-22;/h20-22H,2-19H2,1H3;1H/q+1;/p-1. The van der Waals surface area contributed by atoms with Crippen LogP contribution < -0.4 is 17.0 Å². The van der Waals surface area contributed by atoms with Gasteiger partial charge < -0.3 is 21.7 Å². The van der Waals surface area contributed by atoms with Gasteiger partial charge in [-0.2, -0.15) is 0 Å².